The minimum Gasteiger partial charge on any atom is -0.451 e. The molecule has 1 heterocycles. The average Bonchev–Trinajstić information content (AvgIpc) is 2.74. The molecule has 4 nitrogen and oxygen atoms in total. The van der Waals surface area contributed by atoms with Crippen LogP contribution in [0.2, 0.25) is 0 Å². The van der Waals surface area contributed by atoms with Crippen molar-refractivity contribution in [3.63, 3.8) is 0 Å². The molecule has 136 valence electrons. The van der Waals surface area contributed by atoms with Crippen LogP contribution in [0.5, 0.6) is 0 Å². The fourth-order valence-electron chi connectivity index (χ4n) is 3.36. The van der Waals surface area contributed by atoms with Crippen LogP contribution in [0.25, 0.3) is 11.1 Å². The van der Waals surface area contributed by atoms with E-state index in [1.807, 2.05) is 0 Å². The van der Waals surface area contributed by atoms with Gasteiger partial charge in [-0.15, -0.1) is 0 Å². The van der Waals surface area contributed by atoms with Crippen LogP contribution in [0, 0.1) is 12.7 Å². The van der Waals surface area contributed by atoms with Crippen molar-refractivity contribution >= 4 is 27.0 Å². The summed E-state index contributed by atoms with van der Waals surface area (Å²) in [6.07, 6.45) is 1.15. The molecule has 3 rings (SSSR count). The second kappa shape index (κ2) is 6.06. The zero-order chi connectivity index (χ0) is 19.3. The van der Waals surface area contributed by atoms with Crippen molar-refractivity contribution < 1.29 is 22.3 Å². The van der Waals surface area contributed by atoms with Crippen LogP contribution < -0.4 is 0 Å². The third-order valence-electron chi connectivity index (χ3n) is 4.38. The second-order valence-corrected chi connectivity index (χ2v) is 8.90. The van der Waals surface area contributed by atoms with E-state index in [-0.39, 0.29) is 4.90 Å². The number of halogens is 1. The first-order valence-corrected chi connectivity index (χ1v) is 9.95. The van der Waals surface area contributed by atoms with Gasteiger partial charge in [0.25, 0.3) is 0 Å². The number of esters is 1. The number of carbonyl (C=O) groups excluding carboxylic acids is 1. The van der Waals surface area contributed by atoms with Crippen molar-refractivity contribution in [3.05, 3.63) is 65.0 Å². The molecule has 0 saturated carbocycles. The lowest BCUT2D eigenvalue weighted by Crippen LogP contribution is -2.22. The molecule has 26 heavy (non-hydrogen) atoms. The van der Waals surface area contributed by atoms with Gasteiger partial charge in [0.15, 0.2) is 9.84 Å². The molecule has 0 spiro atoms. The molecule has 0 radical (unpaired) electrons. The van der Waals surface area contributed by atoms with Gasteiger partial charge in [0.05, 0.1) is 10.5 Å². The number of aryl methyl sites for hydroxylation is 1. The SMILES string of the molecule is Cc1cc(C2=C(c3cccc(F)c3)C(=O)OC2(C)C)ccc1S(C)(=O)=O. The van der Waals surface area contributed by atoms with Gasteiger partial charge in [0, 0.05) is 11.8 Å². The molecule has 1 aliphatic rings. The average molecular weight is 374 g/mol. The summed E-state index contributed by atoms with van der Waals surface area (Å²) in [7, 11) is -3.35. The Labute approximate surface area is 152 Å². The van der Waals surface area contributed by atoms with Crippen LogP contribution in [0.3, 0.4) is 0 Å². The number of benzene rings is 2. The first-order valence-electron chi connectivity index (χ1n) is 8.06. The Morgan fingerprint density at radius 3 is 2.31 bits per heavy atom. The van der Waals surface area contributed by atoms with Crippen molar-refractivity contribution in [2.24, 2.45) is 0 Å². The fraction of sp³-hybridized carbons (Fsp3) is 0.250. The van der Waals surface area contributed by atoms with Crippen LogP contribution in [0.4, 0.5) is 4.39 Å². The lowest BCUT2D eigenvalue weighted by molar-refractivity contribution is -0.141. The highest BCUT2D eigenvalue weighted by Gasteiger charge is 2.41. The minimum absolute atomic E-state index is 0.234. The Hall–Kier alpha value is -2.47. The number of rotatable bonds is 3. The predicted octanol–water partition coefficient (Wildman–Crippen LogP) is 3.78. The van der Waals surface area contributed by atoms with Crippen LogP contribution in [-0.4, -0.2) is 26.2 Å². The largest absolute Gasteiger partial charge is 0.451 e. The van der Waals surface area contributed by atoms with Crippen molar-refractivity contribution in [1.82, 2.24) is 0 Å². The zero-order valence-corrected chi connectivity index (χ0v) is 15.8. The Bertz CT molecular complexity index is 1050. The Balaban J connectivity index is 2.27. The van der Waals surface area contributed by atoms with Gasteiger partial charge in [0.1, 0.15) is 11.4 Å². The van der Waals surface area contributed by atoms with E-state index < -0.39 is 27.2 Å². The summed E-state index contributed by atoms with van der Waals surface area (Å²) >= 11 is 0. The Kier molecular flexibility index (Phi) is 4.27. The standard InChI is InChI=1S/C20H19FO4S/c1-12-10-14(8-9-16(12)26(4,23)24)18-17(19(22)25-20(18,2)3)13-6-5-7-15(21)11-13/h5-11H,1-4H3. The summed E-state index contributed by atoms with van der Waals surface area (Å²) in [5, 5.41) is 0. The maximum Gasteiger partial charge on any atom is 0.340 e. The van der Waals surface area contributed by atoms with Crippen LogP contribution >= 0.6 is 0 Å². The first kappa shape index (κ1) is 18.3. The van der Waals surface area contributed by atoms with Crippen molar-refractivity contribution in [2.45, 2.75) is 31.3 Å². The number of carbonyl (C=O) groups is 1. The van der Waals surface area contributed by atoms with E-state index in [1.54, 1.807) is 39.0 Å². The van der Waals surface area contributed by atoms with Gasteiger partial charge in [0.2, 0.25) is 0 Å². The third-order valence-corrected chi connectivity index (χ3v) is 5.64. The molecule has 0 aromatic heterocycles. The van der Waals surface area contributed by atoms with E-state index in [9.17, 15) is 17.6 Å². The lowest BCUT2D eigenvalue weighted by Gasteiger charge is -2.22. The summed E-state index contributed by atoms with van der Waals surface area (Å²) < 4.78 is 42.9. The molecule has 2 aromatic carbocycles. The molecule has 0 amide bonds. The first-order chi connectivity index (χ1) is 12.0. The molecule has 0 bridgehead atoms. The number of sulfone groups is 1. The smallest absolute Gasteiger partial charge is 0.340 e. The van der Waals surface area contributed by atoms with E-state index in [4.69, 9.17) is 4.74 Å². The summed E-state index contributed by atoms with van der Waals surface area (Å²) in [6.45, 7) is 5.21. The van der Waals surface area contributed by atoms with E-state index in [0.29, 0.717) is 27.8 Å². The van der Waals surface area contributed by atoms with Gasteiger partial charge in [-0.3, -0.25) is 0 Å². The van der Waals surface area contributed by atoms with Crippen LogP contribution in [0.15, 0.2) is 47.4 Å². The molecule has 0 fully saturated rings. The Morgan fingerprint density at radius 2 is 1.73 bits per heavy atom. The van der Waals surface area contributed by atoms with Crippen molar-refractivity contribution in [3.8, 4) is 0 Å². The molecule has 1 aliphatic heterocycles. The zero-order valence-electron chi connectivity index (χ0n) is 15.0. The van der Waals surface area contributed by atoms with Crippen LogP contribution in [-0.2, 0) is 19.4 Å². The number of hydrogen-bond acceptors (Lipinski definition) is 4. The topological polar surface area (TPSA) is 60.4 Å². The molecule has 2 aromatic rings. The molecule has 6 heteroatoms. The van der Waals surface area contributed by atoms with Gasteiger partial charge < -0.3 is 4.74 Å². The van der Waals surface area contributed by atoms with Gasteiger partial charge in [-0.1, -0.05) is 24.3 Å². The Morgan fingerprint density at radius 1 is 1.04 bits per heavy atom. The van der Waals surface area contributed by atoms with E-state index >= 15 is 0 Å². The highest BCUT2D eigenvalue weighted by molar-refractivity contribution is 7.90. The maximum atomic E-state index is 13.7. The predicted molar refractivity (Wildman–Crippen MR) is 97.7 cm³/mol. The summed E-state index contributed by atoms with van der Waals surface area (Å²) in [5.74, 6) is -0.976. The summed E-state index contributed by atoms with van der Waals surface area (Å²) in [4.78, 5) is 12.7. The van der Waals surface area contributed by atoms with Gasteiger partial charge in [-0.2, -0.15) is 0 Å². The highest BCUT2D eigenvalue weighted by atomic mass is 32.2. The third kappa shape index (κ3) is 3.17. The molecule has 0 N–H and O–H groups in total. The second-order valence-electron chi connectivity index (χ2n) is 6.91. The number of cyclic esters (lactones) is 1. The normalized spacial score (nSPS) is 16.7. The van der Waals surface area contributed by atoms with Crippen molar-refractivity contribution in [2.75, 3.05) is 6.26 Å². The van der Waals surface area contributed by atoms with Gasteiger partial charge >= 0.3 is 5.97 Å². The maximum absolute atomic E-state index is 13.7. The molecule has 0 saturated heterocycles. The highest BCUT2D eigenvalue weighted by Crippen LogP contribution is 2.44. The molecular weight excluding hydrogens is 355 g/mol. The van der Waals surface area contributed by atoms with E-state index in [0.717, 1.165) is 6.26 Å². The quantitative estimate of drug-likeness (QED) is 0.767. The molecular formula is C20H19FO4S. The minimum atomic E-state index is -3.35. The van der Waals surface area contributed by atoms with Gasteiger partial charge in [-0.25, -0.2) is 17.6 Å². The van der Waals surface area contributed by atoms with Crippen LogP contribution in [0.1, 0.15) is 30.5 Å². The lowest BCUT2D eigenvalue weighted by atomic mass is 9.86. The van der Waals surface area contributed by atoms with Gasteiger partial charge in [-0.05, 0) is 55.7 Å². The molecule has 0 atom stereocenters. The number of ether oxygens (including phenoxy) is 1. The molecule has 0 aliphatic carbocycles. The number of hydrogen-bond donors (Lipinski definition) is 0. The molecule has 0 unspecified atom stereocenters. The van der Waals surface area contributed by atoms with E-state index in [2.05, 4.69) is 0 Å². The summed E-state index contributed by atoms with van der Waals surface area (Å²) in [6, 6.07) is 10.7. The summed E-state index contributed by atoms with van der Waals surface area (Å²) in [5.41, 5.74) is 1.66. The monoisotopic (exact) mass is 374 g/mol. The fourth-order valence-corrected chi connectivity index (χ4v) is 4.31. The van der Waals surface area contributed by atoms with E-state index in [1.165, 1.54) is 24.3 Å². The van der Waals surface area contributed by atoms with Crippen molar-refractivity contribution in [1.29, 1.82) is 0 Å².